The highest BCUT2D eigenvalue weighted by Gasteiger charge is 2.37. The van der Waals surface area contributed by atoms with E-state index in [2.05, 4.69) is 31.4 Å². The summed E-state index contributed by atoms with van der Waals surface area (Å²) in [6.07, 6.45) is 0.845. The van der Waals surface area contributed by atoms with E-state index in [1.165, 1.54) is 5.56 Å². The van der Waals surface area contributed by atoms with Crippen LogP contribution in [0.25, 0.3) is 0 Å². The Morgan fingerprint density at radius 1 is 1.06 bits per heavy atom. The van der Waals surface area contributed by atoms with Crippen LogP contribution in [0.4, 0.5) is 21.9 Å². The highest BCUT2D eigenvalue weighted by atomic mass is 16.5. The third kappa shape index (κ3) is 5.19. The molecule has 2 aromatic rings. The van der Waals surface area contributed by atoms with Gasteiger partial charge < -0.3 is 20.3 Å². The van der Waals surface area contributed by atoms with Gasteiger partial charge in [-0.2, -0.15) is 0 Å². The van der Waals surface area contributed by atoms with Gasteiger partial charge in [-0.25, -0.2) is 4.79 Å². The van der Waals surface area contributed by atoms with Gasteiger partial charge in [-0.1, -0.05) is 39.8 Å². The number of fused-ring (bicyclic) bond motifs is 1. The first-order valence-electron chi connectivity index (χ1n) is 10.8. The summed E-state index contributed by atoms with van der Waals surface area (Å²) in [5, 5.41) is 5.71. The van der Waals surface area contributed by atoms with Crippen molar-refractivity contribution in [2.75, 3.05) is 28.7 Å². The average molecular weight is 424 g/mol. The first-order valence-corrected chi connectivity index (χ1v) is 10.8. The fourth-order valence-electron chi connectivity index (χ4n) is 3.52. The summed E-state index contributed by atoms with van der Waals surface area (Å²) in [6, 6.07) is 12.9. The summed E-state index contributed by atoms with van der Waals surface area (Å²) in [7, 11) is 0. The Labute approximate surface area is 185 Å². The van der Waals surface area contributed by atoms with Crippen LogP contribution in [0.15, 0.2) is 42.5 Å². The Bertz CT molecular complexity index is 959. The maximum Gasteiger partial charge on any atom is 0.323 e. The van der Waals surface area contributed by atoms with E-state index in [0.29, 0.717) is 18.0 Å². The van der Waals surface area contributed by atoms with Crippen LogP contribution in [-0.2, 0) is 10.2 Å². The summed E-state index contributed by atoms with van der Waals surface area (Å²) in [5.41, 5.74) is 2.71. The van der Waals surface area contributed by atoms with Crippen molar-refractivity contribution in [3.8, 4) is 5.75 Å². The van der Waals surface area contributed by atoms with E-state index in [4.69, 9.17) is 4.74 Å². The van der Waals surface area contributed by atoms with Gasteiger partial charge in [0.05, 0.1) is 11.1 Å². The van der Waals surface area contributed by atoms with Crippen LogP contribution >= 0.6 is 0 Å². The molecule has 31 heavy (non-hydrogen) atoms. The molecule has 0 saturated heterocycles. The second kappa shape index (κ2) is 8.61. The van der Waals surface area contributed by atoms with Gasteiger partial charge in [0.2, 0.25) is 5.91 Å². The summed E-state index contributed by atoms with van der Waals surface area (Å²) >= 11 is 0. The maximum absolute atomic E-state index is 12.9. The topological polar surface area (TPSA) is 70.7 Å². The van der Waals surface area contributed by atoms with Crippen LogP contribution in [0.2, 0.25) is 0 Å². The normalized spacial score (nSPS) is 15.5. The molecule has 166 valence electrons. The number of nitrogens with zero attached hydrogens (tertiary/aromatic N) is 1. The molecule has 0 aromatic heterocycles. The molecule has 0 spiro atoms. The molecular formula is C25H33N3O3. The van der Waals surface area contributed by atoms with Gasteiger partial charge in [-0.05, 0) is 55.5 Å². The Kier molecular flexibility index (Phi) is 6.30. The minimum Gasteiger partial charge on any atom is -0.490 e. The van der Waals surface area contributed by atoms with Crippen LogP contribution in [0.1, 0.15) is 53.5 Å². The Balaban J connectivity index is 1.74. The number of anilines is 3. The lowest BCUT2D eigenvalue weighted by Gasteiger charge is -2.27. The smallest absolute Gasteiger partial charge is 0.323 e. The first-order chi connectivity index (χ1) is 14.5. The Morgan fingerprint density at radius 3 is 2.29 bits per heavy atom. The molecule has 1 heterocycles. The van der Waals surface area contributed by atoms with Crippen molar-refractivity contribution in [3.63, 3.8) is 0 Å². The quantitative estimate of drug-likeness (QED) is 0.654. The lowest BCUT2D eigenvalue weighted by atomic mass is 9.87. The van der Waals surface area contributed by atoms with Gasteiger partial charge >= 0.3 is 6.03 Å². The highest BCUT2D eigenvalue weighted by Crippen LogP contribution is 2.38. The molecule has 6 heteroatoms. The molecule has 3 rings (SSSR count). The molecule has 0 aliphatic carbocycles. The van der Waals surface area contributed by atoms with Gasteiger partial charge in [0.1, 0.15) is 12.4 Å². The molecule has 1 aliphatic heterocycles. The number of hydrogen-bond donors (Lipinski definition) is 2. The van der Waals surface area contributed by atoms with E-state index in [9.17, 15) is 9.59 Å². The van der Waals surface area contributed by atoms with E-state index in [1.807, 2.05) is 51.1 Å². The predicted octanol–water partition coefficient (Wildman–Crippen LogP) is 5.79. The lowest BCUT2D eigenvalue weighted by Crippen LogP contribution is -2.42. The van der Waals surface area contributed by atoms with Crippen LogP contribution in [0, 0.1) is 5.41 Å². The van der Waals surface area contributed by atoms with Crippen LogP contribution < -0.4 is 20.3 Å². The summed E-state index contributed by atoms with van der Waals surface area (Å²) in [6.45, 7) is 13.2. The summed E-state index contributed by atoms with van der Waals surface area (Å²) < 4.78 is 5.96. The number of nitrogens with one attached hydrogen (secondary N) is 2. The molecule has 2 N–H and O–H groups in total. The van der Waals surface area contributed by atoms with Crippen molar-refractivity contribution < 1.29 is 14.3 Å². The zero-order valence-corrected chi connectivity index (χ0v) is 19.3. The van der Waals surface area contributed by atoms with Gasteiger partial charge in [0, 0.05) is 24.0 Å². The van der Waals surface area contributed by atoms with Gasteiger partial charge in [-0.15, -0.1) is 0 Å². The molecule has 3 amide bonds. The highest BCUT2D eigenvalue weighted by molar-refractivity contribution is 6.02. The van der Waals surface area contributed by atoms with Crippen molar-refractivity contribution in [2.24, 2.45) is 5.41 Å². The van der Waals surface area contributed by atoms with E-state index in [0.717, 1.165) is 17.8 Å². The first kappa shape index (κ1) is 22.7. The van der Waals surface area contributed by atoms with Crippen molar-refractivity contribution in [2.45, 2.75) is 53.4 Å². The monoisotopic (exact) mass is 423 g/mol. The second-order valence-corrected chi connectivity index (χ2v) is 9.72. The number of benzene rings is 2. The molecule has 0 fully saturated rings. The van der Waals surface area contributed by atoms with Gasteiger partial charge in [0.25, 0.3) is 0 Å². The molecule has 2 aromatic carbocycles. The third-order valence-electron chi connectivity index (χ3n) is 5.38. The minimum atomic E-state index is -0.613. The lowest BCUT2D eigenvalue weighted by molar-refractivity contribution is -0.127. The van der Waals surface area contributed by atoms with E-state index in [1.54, 1.807) is 17.0 Å². The molecule has 0 atom stereocenters. The fourth-order valence-corrected chi connectivity index (χ4v) is 3.52. The number of carbonyl (C=O) groups excluding carboxylic acids is 2. The van der Waals surface area contributed by atoms with E-state index < -0.39 is 5.41 Å². The second-order valence-electron chi connectivity index (χ2n) is 9.72. The number of hydrogen-bond acceptors (Lipinski definition) is 3. The van der Waals surface area contributed by atoms with Crippen LogP contribution in [0.3, 0.4) is 0 Å². The molecule has 6 nitrogen and oxygen atoms in total. The van der Waals surface area contributed by atoms with E-state index >= 15 is 0 Å². The minimum absolute atomic E-state index is 0.0465. The summed E-state index contributed by atoms with van der Waals surface area (Å²) in [4.78, 5) is 27.2. The van der Waals surface area contributed by atoms with Crippen molar-refractivity contribution in [1.29, 1.82) is 0 Å². The molecule has 0 bridgehead atoms. The number of amides is 3. The number of rotatable bonds is 4. The molecule has 0 saturated carbocycles. The maximum atomic E-state index is 12.9. The fraction of sp³-hybridized carbons (Fsp3) is 0.440. The largest absolute Gasteiger partial charge is 0.490 e. The number of carbonyl (C=O) groups is 2. The SMILES string of the molecule is CCCN1C(=O)C(C)(C)COc2cc(NC(=O)Nc3ccc(C(C)(C)C)cc3)ccc21. The molecule has 0 radical (unpaired) electrons. The number of ether oxygens (including phenoxy) is 1. The van der Waals surface area contributed by atoms with Gasteiger partial charge in [0.15, 0.2) is 0 Å². The van der Waals surface area contributed by atoms with Crippen molar-refractivity contribution >= 4 is 29.0 Å². The third-order valence-corrected chi connectivity index (χ3v) is 5.38. The Hall–Kier alpha value is -3.02. The van der Waals surface area contributed by atoms with Gasteiger partial charge in [-0.3, -0.25) is 4.79 Å². The van der Waals surface area contributed by atoms with E-state index in [-0.39, 0.29) is 24.0 Å². The summed E-state index contributed by atoms with van der Waals surface area (Å²) in [5.74, 6) is 0.643. The van der Waals surface area contributed by atoms with Crippen LogP contribution in [0.5, 0.6) is 5.75 Å². The average Bonchev–Trinajstić information content (AvgIpc) is 2.78. The zero-order chi connectivity index (χ0) is 22.8. The predicted molar refractivity (Wildman–Crippen MR) is 126 cm³/mol. The van der Waals surface area contributed by atoms with Crippen molar-refractivity contribution in [1.82, 2.24) is 0 Å². The number of urea groups is 1. The van der Waals surface area contributed by atoms with Crippen molar-refractivity contribution in [3.05, 3.63) is 48.0 Å². The molecule has 0 unspecified atom stereocenters. The van der Waals surface area contributed by atoms with Crippen LogP contribution in [-0.4, -0.2) is 25.1 Å². The Morgan fingerprint density at radius 2 is 1.68 bits per heavy atom. The standard InChI is InChI=1S/C25H33N3O3/c1-7-14-28-20-13-12-19(15-21(20)31-16-25(5,6)22(28)29)27-23(30)26-18-10-8-17(9-11-18)24(2,3)4/h8-13,15H,7,14,16H2,1-6H3,(H2,26,27,30). The molecule has 1 aliphatic rings. The zero-order valence-electron chi connectivity index (χ0n) is 19.3. The molecular weight excluding hydrogens is 390 g/mol.